The monoisotopic (exact) mass is 549 g/mol. The van der Waals surface area contributed by atoms with E-state index in [-0.39, 0.29) is 36.4 Å². The van der Waals surface area contributed by atoms with Crippen LogP contribution >= 0.6 is 0 Å². The number of fused-ring (bicyclic) bond motifs is 1. The van der Waals surface area contributed by atoms with Gasteiger partial charge in [0, 0.05) is 37.2 Å². The normalized spacial score (nSPS) is 22.1. The van der Waals surface area contributed by atoms with Crippen molar-refractivity contribution in [3.8, 4) is 0 Å². The van der Waals surface area contributed by atoms with E-state index in [2.05, 4.69) is 30.9 Å². The number of imidazole rings is 1. The molecule has 1 aliphatic carbocycles. The van der Waals surface area contributed by atoms with E-state index in [1.54, 1.807) is 4.57 Å². The van der Waals surface area contributed by atoms with Gasteiger partial charge in [0.25, 0.3) is 0 Å². The SMILES string of the molecule is O=C(NC[C@H](O)CO)[C@H]1CC[C@H](Nc2ncc3nc(Nc4c(F)cc(F)cc4F)n(C4CCOC4)c3n2)CC1. The average Bonchev–Trinajstić information content (AvgIpc) is 3.57. The van der Waals surface area contributed by atoms with Crippen molar-refractivity contribution < 1.29 is 32.9 Å². The number of benzene rings is 1. The summed E-state index contributed by atoms with van der Waals surface area (Å²) in [7, 11) is 0. The number of amides is 1. The van der Waals surface area contributed by atoms with Crippen LogP contribution in [0.3, 0.4) is 0 Å². The maximum Gasteiger partial charge on any atom is 0.224 e. The summed E-state index contributed by atoms with van der Waals surface area (Å²) in [4.78, 5) is 25.8. The Hall–Kier alpha value is -3.49. The van der Waals surface area contributed by atoms with Crippen LogP contribution in [0.15, 0.2) is 18.3 Å². The summed E-state index contributed by atoms with van der Waals surface area (Å²) >= 11 is 0. The number of nitrogens with one attached hydrogen (secondary N) is 3. The molecule has 1 amide bonds. The van der Waals surface area contributed by atoms with Crippen molar-refractivity contribution in [1.82, 2.24) is 24.8 Å². The van der Waals surface area contributed by atoms with Gasteiger partial charge < -0.3 is 30.9 Å². The molecule has 0 radical (unpaired) electrons. The average molecular weight is 550 g/mol. The molecule has 11 nitrogen and oxygen atoms in total. The van der Waals surface area contributed by atoms with Gasteiger partial charge in [-0.15, -0.1) is 0 Å². The molecule has 210 valence electrons. The highest BCUT2D eigenvalue weighted by Gasteiger charge is 2.29. The number of hydrogen-bond acceptors (Lipinski definition) is 9. The number of carbonyl (C=O) groups is 1. The van der Waals surface area contributed by atoms with E-state index >= 15 is 0 Å². The number of ether oxygens (including phenoxy) is 1. The molecule has 0 bridgehead atoms. The largest absolute Gasteiger partial charge is 0.394 e. The second-order valence-corrected chi connectivity index (χ2v) is 9.87. The first kappa shape index (κ1) is 27.1. The number of rotatable bonds is 9. The molecule has 3 heterocycles. The molecule has 1 aromatic carbocycles. The molecule has 5 N–H and O–H groups in total. The van der Waals surface area contributed by atoms with Crippen LogP contribution in [-0.4, -0.2) is 74.2 Å². The van der Waals surface area contributed by atoms with Gasteiger partial charge in [-0.2, -0.15) is 4.98 Å². The van der Waals surface area contributed by atoms with Gasteiger partial charge in [0.15, 0.2) is 17.3 Å². The van der Waals surface area contributed by atoms with Crippen molar-refractivity contribution in [3.05, 3.63) is 35.8 Å². The lowest BCUT2D eigenvalue weighted by Crippen LogP contribution is -2.40. The Balaban J connectivity index is 1.32. The van der Waals surface area contributed by atoms with Crippen LogP contribution in [0.4, 0.5) is 30.8 Å². The molecule has 2 aliphatic rings. The minimum Gasteiger partial charge on any atom is -0.394 e. The number of aliphatic hydroxyl groups excluding tert-OH is 2. The summed E-state index contributed by atoms with van der Waals surface area (Å²) in [6.45, 7) is 0.474. The van der Waals surface area contributed by atoms with Gasteiger partial charge in [-0.05, 0) is 32.1 Å². The van der Waals surface area contributed by atoms with Crippen LogP contribution in [0.5, 0.6) is 0 Å². The third-order valence-corrected chi connectivity index (χ3v) is 7.10. The molecule has 2 fully saturated rings. The van der Waals surface area contributed by atoms with Crippen LogP contribution < -0.4 is 16.0 Å². The molecule has 1 unspecified atom stereocenters. The van der Waals surface area contributed by atoms with E-state index < -0.39 is 35.8 Å². The fourth-order valence-corrected chi connectivity index (χ4v) is 5.00. The van der Waals surface area contributed by atoms with Crippen molar-refractivity contribution in [1.29, 1.82) is 0 Å². The predicted octanol–water partition coefficient (Wildman–Crippen LogP) is 2.39. The summed E-state index contributed by atoms with van der Waals surface area (Å²) in [5.74, 6) is -3.03. The van der Waals surface area contributed by atoms with E-state index in [0.29, 0.717) is 74.6 Å². The molecule has 0 spiro atoms. The Morgan fingerprint density at radius 1 is 1.13 bits per heavy atom. The topological polar surface area (TPSA) is 146 Å². The highest BCUT2D eigenvalue weighted by atomic mass is 19.1. The Morgan fingerprint density at radius 2 is 1.87 bits per heavy atom. The Labute approximate surface area is 221 Å². The number of carbonyl (C=O) groups excluding carboxylic acids is 1. The van der Waals surface area contributed by atoms with Crippen LogP contribution in [0.2, 0.25) is 0 Å². The summed E-state index contributed by atoms with van der Waals surface area (Å²) in [6.07, 6.45) is 3.87. The molecular weight excluding hydrogens is 519 g/mol. The fourth-order valence-electron chi connectivity index (χ4n) is 5.00. The second kappa shape index (κ2) is 11.7. The molecule has 3 aromatic rings. The Kier molecular flexibility index (Phi) is 8.14. The van der Waals surface area contributed by atoms with Crippen molar-refractivity contribution in [2.45, 2.75) is 50.3 Å². The first-order chi connectivity index (χ1) is 18.8. The number of nitrogens with zero attached hydrogens (tertiary/aromatic N) is 4. The van der Waals surface area contributed by atoms with E-state index in [9.17, 15) is 23.1 Å². The molecular formula is C25H30F3N7O4. The highest BCUT2D eigenvalue weighted by molar-refractivity contribution is 5.79. The smallest absolute Gasteiger partial charge is 0.224 e. The molecule has 1 saturated heterocycles. The minimum absolute atomic E-state index is 0.0123. The number of aromatic nitrogens is 4. The maximum absolute atomic E-state index is 14.4. The quantitative estimate of drug-likeness (QED) is 0.272. The van der Waals surface area contributed by atoms with Gasteiger partial charge in [0.2, 0.25) is 17.8 Å². The minimum atomic E-state index is -1.09. The Bertz CT molecular complexity index is 1300. The lowest BCUT2D eigenvalue weighted by atomic mass is 9.85. The predicted molar refractivity (Wildman–Crippen MR) is 135 cm³/mol. The molecule has 2 aromatic heterocycles. The van der Waals surface area contributed by atoms with Gasteiger partial charge in [0.1, 0.15) is 17.0 Å². The second-order valence-electron chi connectivity index (χ2n) is 9.87. The van der Waals surface area contributed by atoms with Crippen LogP contribution in [0.25, 0.3) is 11.2 Å². The van der Waals surface area contributed by atoms with Crippen molar-refractivity contribution in [2.24, 2.45) is 5.92 Å². The molecule has 5 rings (SSSR count). The zero-order valence-corrected chi connectivity index (χ0v) is 21.0. The summed E-state index contributed by atoms with van der Waals surface area (Å²) in [5, 5.41) is 27.0. The molecule has 14 heteroatoms. The standard InChI is InChI=1S/C25H30F3N7O4/c26-14-7-18(27)21(19(28)8-14)33-25-32-20-10-30-24(34-22(20)35(25)16-5-6-39-12-16)31-15-3-1-13(2-4-15)23(38)29-9-17(37)11-36/h7-8,10,13,15-17,36-37H,1-6,9,11-12H2,(H,29,38)(H,32,33)(H,30,31,34)/t13-,15-,16?,17-/m0/s1. The Morgan fingerprint density at radius 3 is 2.54 bits per heavy atom. The van der Waals surface area contributed by atoms with E-state index in [0.717, 1.165) is 0 Å². The first-order valence-electron chi connectivity index (χ1n) is 12.9. The third-order valence-electron chi connectivity index (χ3n) is 7.10. The zero-order chi connectivity index (χ0) is 27.5. The van der Waals surface area contributed by atoms with Gasteiger partial charge >= 0.3 is 0 Å². The number of halogens is 3. The lowest BCUT2D eigenvalue weighted by molar-refractivity contribution is -0.126. The van der Waals surface area contributed by atoms with E-state index in [4.69, 9.17) is 9.84 Å². The number of hydrogen-bond donors (Lipinski definition) is 5. The molecule has 1 saturated carbocycles. The molecule has 39 heavy (non-hydrogen) atoms. The summed E-state index contributed by atoms with van der Waals surface area (Å²) in [6, 6.07) is 1.02. The highest BCUT2D eigenvalue weighted by Crippen LogP contribution is 2.32. The van der Waals surface area contributed by atoms with Crippen LogP contribution in [0.1, 0.15) is 38.1 Å². The van der Waals surface area contributed by atoms with Crippen molar-refractivity contribution in [2.75, 3.05) is 37.0 Å². The van der Waals surface area contributed by atoms with Crippen LogP contribution in [-0.2, 0) is 9.53 Å². The van der Waals surface area contributed by atoms with Gasteiger partial charge in [-0.25, -0.2) is 23.1 Å². The van der Waals surface area contributed by atoms with Gasteiger partial charge in [0.05, 0.1) is 31.6 Å². The number of anilines is 3. The number of aliphatic hydroxyl groups is 2. The van der Waals surface area contributed by atoms with Crippen molar-refractivity contribution >= 4 is 34.7 Å². The van der Waals surface area contributed by atoms with E-state index in [1.807, 2.05) is 0 Å². The van der Waals surface area contributed by atoms with Crippen LogP contribution in [0, 0.1) is 23.4 Å². The third kappa shape index (κ3) is 6.07. The molecule has 1 aliphatic heterocycles. The zero-order valence-electron chi connectivity index (χ0n) is 21.0. The first-order valence-corrected chi connectivity index (χ1v) is 12.9. The lowest BCUT2D eigenvalue weighted by Gasteiger charge is -2.28. The van der Waals surface area contributed by atoms with E-state index in [1.165, 1.54) is 6.20 Å². The summed E-state index contributed by atoms with van der Waals surface area (Å²) in [5.41, 5.74) is 0.331. The van der Waals surface area contributed by atoms with Gasteiger partial charge in [-0.3, -0.25) is 9.36 Å². The van der Waals surface area contributed by atoms with Crippen molar-refractivity contribution in [3.63, 3.8) is 0 Å². The maximum atomic E-state index is 14.4. The summed E-state index contributed by atoms with van der Waals surface area (Å²) < 4.78 is 49.4. The fraction of sp³-hybridized carbons (Fsp3) is 0.520. The molecule has 2 atom stereocenters. The van der Waals surface area contributed by atoms with Gasteiger partial charge in [-0.1, -0.05) is 0 Å².